The van der Waals surface area contributed by atoms with E-state index in [1.54, 1.807) is 0 Å². The molecule has 0 spiro atoms. The summed E-state index contributed by atoms with van der Waals surface area (Å²) in [5.41, 5.74) is 2.64. The van der Waals surface area contributed by atoms with Crippen molar-refractivity contribution in [2.24, 2.45) is 0 Å². The lowest BCUT2D eigenvalue weighted by Gasteiger charge is -2.00. The van der Waals surface area contributed by atoms with Crippen molar-refractivity contribution in [3.8, 4) is 0 Å². The molecule has 0 amide bonds. The fourth-order valence-corrected chi connectivity index (χ4v) is 1.58. The SMILES string of the molecule is C=Cc1ccc(CCCCP)cc1. The number of unbranched alkanes of at least 4 members (excludes halogenated alkanes) is 1. The molecule has 13 heavy (non-hydrogen) atoms. The second-order valence-corrected chi connectivity index (χ2v) is 3.77. The van der Waals surface area contributed by atoms with Gasteiger partial charge in [-0.05, 0) is 36.6 Å². The quantitative estimate of drug-likeness (QED) is 0.494. The van der Waals surface area contributed by atoms with Crippen LogP contribution in [0.25, 0.3) is 6.08 Å². The predicted octanol–water partition coefficient (Wildman–Crippen LogP) is 3.53. The number of hydrogen-bond acceptors (Lipinski definition) is 0. The number of aryl methyl sites for hydroxylation is 1. The van der Waals surface area contributed by atoms with Crippen LogP contribution >= 0.6 is 9.24 Å². The number of rotatable bonds is 5. The van der Waals surface area contributed by atoms with Gasteiger partial charge in [0.1, 0.15) is 0 Å². The van der Waals surface area contributed by atoms with Crippen LogP contribution < -0.4 is 0 Å². The Kier molecular flexibility index (Phi) is 4.78. The van der Waals surface area contributed by atoms with Crippen molar-refractivity contribution in [3.63, 3.8) is 0 Å². The topological polar surface area (TPSA) is 0 Å². The lowest BCUT2D eigenvalue weighted by atomic mass is 10.1. The third-order valence-electron chi connectivity index (χ3n) is 2.13. The van der Waals surface area contributed by atoms with E-state index in [4.69, 9.17) is 0 Å². The minimum absolute atomic E-state index is 1.20. The van der Waals surface area contributed by atoms with E-state index in [0.29, 0.717) is 0 Å². The van der Waals surface area contributed by atoms with Gasteiger partial charge in [0.25, 0.3) is 0 Å². The summed E-state index contributed by atoms with van der Waals surface area (Å²) < 4.78 is 0. The van der Waals surface area contributed by atoms with Crippen molar-refractivity contribution in [2.75, 3.05) is 6.16 Å². The van der Waals surface area contributed by atoms with E-state index in [1.165, 1.54) is 36.6 Å². The highest BCUT2D eigenvalue weighted by atomic mass is 31.0. The van der Waals surface area contributed by atoms with Crippen LogP contribution in [0.5, 0.6) is 0 Å². The second kappa shape index (κ2) is 5.94. The molecule has 0 saturated carbocycles. The first-order valence-electron chi connectivity index (χ1n) is 4.78. The first-order chi connectivity index (χ1) is 6.36. The first kappa shape index (κ1) is 10.5. The Balaban J connectivity index is 2.44. The minimum Gasteiger partial charge on any atom is -0.138 e. The van der Waals surface area contributed by atoms with Crippen molar-refractivity contribution in [3.05, 3.63) is 42.0 Å². The largest absolute Gasteiger partial charge is 0.138 e. The summed E-state index contributed by atoms with van der Waals surface area (Å²) in [6, 6.07) is 8.64. The van der Waals surface area contributed by atoms with Crippen molar-refractivity contribution < 1.29 is 0 Å². The van der Waals surface area contributed by atoms with E-state index in [-0.39, 0.29) is 0 Å². The monoisotopic (exact) mass is 192 g/mol. The summed E-state index contributed by atoms with van der Waals surface area (Å²) >= 11 is 0. The zero-order chi connectivity index (χ0) is 9.52. The molecule has 0 aliphatic heterocycles. The molecule has 0 saturated heterocycles. The van der Waals surface area contributed by atoms with Gasteiger partial charge in [0.2, 0.25) is 0 Å². The van der Waals surface area contributed by atoms with Crippen LogP contribution in [0.4, 0.5) is 0 Å². The second-order valence-electron chi connectivity index (χ2n) is 3.19. The maximum Gasteiger partial charge on any atom is -0.0262 e. The summed E-state index contributed by atoms with van der Waals surface area (Å²) in [5, 5.41) is 0. The highest BCUT2D eigenvalue weighted by Crippen LogP contribution is 2.09. The Labute approximate surface area is 83.3 Å². The van der Waals surface area contributed by atoms with Crippen molar-refractivity contribution in [1.82, 2.24) is 0 Å². The van der Waals surface area contributed by atoms with Crippen molar-refractivity contribution in [1.29, 1.82) is 0 Å². The van der Waals surface area contributed by atoms with E-state index in [9.17, 15) is 0 Å². The van der Waals surface area contributed by atoms with Crippen molar-refractivity contribution >= 4 is 15.3 Å². The highest BCUT2D eigenvalue weighted by molar-refractivity contribution is 7.16. The third-order valence-corrected chi connectivity index (χ3v) is 2.54. The van der Waals surface area contributed by atoms with Gasteiger partial charge in [0.05, 0.1) is 0 Å². The molecule has 0 radical (unpaired) electrons. The van der Waals surface area contributed by atoms with E-state index in [1.807, 2.05) is 6.08 Å². The average Bonchev–Trinajstić information content (AvgIpc) is 2.19. The first-order valence-corrected chi connectivity index (χ1v) is 5.60. The van der Waals surface area contributed by atoms with E-state index in [0.717, 1.165) is 0 Å². The molecule has 1 rings (SSSR count). The molecule has 0 bridgehead atoms. The molecule has 1 atom stereocenters. The van der Waals surface area contributed by atoms with Gasteiger partial charge in [0, 0.05) is 0 Å². The molecule has 1 aromatic rings. The number of benzene rings is 1. The van der Waals surface area contributed by atoms with E-state index in [2.05, 4.69) is 40.1 Å². The summed E-state index contributed by atoms with van der Waals surface area (Å²) in [5.74, 6) is 0. The molecular formula is C12H17P. The zero-order valence-corrected chi connectivity index (χ0v) is 9.15. The van der Waals surface area contributed by atoms with Gasteiger partial charge in [-0.2, -0.15) is 0 Å². The summed E-state index contributed by atoms with van der Waals surface area (Å²) in [7, 11) is 2.77. The maximum atomic E-state index is 3.73. The molecule has 0 fully saturated rings. The standard InChI is InChI=1S/C12H17P/c1-2-11-6-8-12(9-7-11)5-3-4-10-13/h2,6-9H,1,3-5,10,13H2. The Morgan fingerprint density at radius 3 is 2.38 bits per heavy atom. The van der Waals surface area contributed by atoms with E-state index < -0.39 is 0 Å². The Hall–Kier alpha value is -0.610. The molecule has 1 unspecified atom stereocenters. The van der Waals surface area contributed by atoms with E-state index >= 15 is 0 Å². The molecule has 0 aliphatic carbocycles. The van der Waals surface area contributed by atoms with Crippen LogP contribution in [0.1, 0.15) is 24.0 Å². The van der Waals surface area contributed by atoms with Crippen molar-refractivity contribution in [2.45, 2.75) is 19.3 Å². The molecule has 1 aromatic carbocycles. The fraction of sp³-hybridized carbons (Fsp3) is 0.333. The van der Waals surface area contributed by atoms with Crippen LogP contribution in [0, 0.1) is 0 Å². The fourth-order valence-electron chi connectivity index (χ4n) is 1.29. The van der Waals surface area contributed by atoms with Gasteiger partial charge < -0.3 is 0 Å². The predicted molar refractivity (Wildman–Crippen MR) is 64.0 cm³/mol. The van der Waals surface area contributed by atoms with Gasteiger partial charge in [0.15, 0.2) is 0 Å². The average molecular weight is 192 g/mol. The zero-order valence-electron chi connectivity index (χ0n) is 8.00. The smallest absolute Gasteiger partial charge is 0.0262 e. The molecule has 0 aliphatic rings. The third kappa shape index (κ3) is 3.74. The Morgan fingerprint density at radius 1 is 1.15 bits per heavy atom. The molecule has 70 valence electrons. The Bertz CT molecular complexity index is 248. The molecule has 0 nitrogen and oxygen atoms in total. The van der Waals surface area contributed by atoms with Gasteiger partial charge in [-0.3, -0.25) is 0 Å². The minimum atomic E-state index is 1.20. The number of hydrogen-bond donors (Lipinski definition) is 0. The summed E-state index contributed by atoms with van der Waals surface area (Å²) in [6.45, 7) is 3.73. The highest BCUT2D eigenvalue weighted by Gasteiger charge is 1.92. The van der Waals surface area contributed by atoms with Gasteiger partial charge in [-0.15, -0.1) is 9.24 Å². The lowest BCUT2D eigenvalue weighted by molar-refractivity contribution is 0.803. The summed E-state index contributed by atoms with van der Waals surface area (Å²) in [4.78, 5) is 0. The van der Waals surface area contributed by atoms with Gasteiger partial charge in [-0.25, -0.2) is 0 Å². The molecule has 0 N–H and O–H groups in total. The van der Waals surface area contributed by atoms with Crippen LogP contribution in [-0.4, -0.2) is 6.16 Å². The van der Waals surface area contributed by atoms with Gasteiger partial charge in [-0.1, -0.05) is 36.9 Å². The van der Waals surface area contributed by atoms with Crippen LogP contribution in [0.15, 0.2) is 30.8 Å². The van der Waals surface area contributed by atoms with Crippen LogP contribution in [0.2, 0.25) is 0 Å². The molecule has 1 heteroatoms. The summed E-state index contributed by atoms with van der Waals surface area (Å²) in [6.07, 6.45) is 6.88. The molecule has 0 aromatic heterocycles. The molecule has 0 heterocycles. The Morgan fingerprint density at radius 2 is 1.85 bits per heavy atom. The lowest BCUT2D eigenvalue weighted by Crippen LogP contribution is -1.85. The normalized spacial score (nSPS) is 9.92. The van der Waals surface area contributed by atoms with Gasteiger partial charge >= 0.3 is 0 Å². The van der Waals surface area contributed by atoms with Crippen LogP contribution in [-0.2, 0) is 6.42 Å². The molecular weight excluding hydrogens is 175 g/mol. The maximum absolute atomic E-state index is 3.73. The van der Waals surface area contributed by atoms with Crippen LogP contribution in [0.3, 0.4) is 0 Å².